The van der Waals surface area contributed by atoms with Crippen LogP contribution in [0.3, 0.4) is 0 Å². The van der Waals surface area contributed by atoms with Gasteiger partial charge in [0.1, 0.15) is 14.1 Å². The highest BCUT2D eigenvalue weighted by Crippen LogP contribution is 1.72. The summed E-state index contributed by atoms with van der Waals surface area (Å²) >= 11 is 0. The third-order valence-electron chi connectivity index (χ3n) is 0.516. The summed E-state index contributed by atoms with van der Waals surface area (Å²) in [6.45, 7) is 4.22. The molecular weight excluding hydrogens is 88.1 g/mol. The Morgan fingerprint density at radius 2 is 1.71 bits per heavy atom. The monoisotopic (exact) mass is 102 g/mol. The zero-order valence-corrected chi connectivity index (χ0v) is 5.52. The average molecular weight is 102 g/mol. The van der Waals surface area contributed by atoms with Gasteiger partial charge in [-0.15, -0.1) is 5.43 Å². The van der Waals surface area contributed by atoms with Crippen molar-refractivity contribution in [3.8, 4) is 0 Å². The van der Waals surface area contributed by atoms with Gasteiger partial charge < -0.3 is 0 Å². The molecule has 0 atom stereocenters. The van der Waals surface area contributed by atoms with Gasteiger partial charge in [0.05, 0.1) is 6.04 Å². The predicted molar refractivity (Wildman–Crippen MR) is 32.3 cm³/mol. The zero-order chi connectivity index (χ0) is 5.86. The first kappa shape index (κ1) is 6.92. The second kappa shape index (κ2) is 2.99. The Bertz CT molecular complexity index is 35.3. The van der Waals surface area contributed by atoms with Crippen molar-refractivity contribution in [2.45, 2.75) is 19.9 Å². The van der Waals surface area contributed by atoms with Gasteiger partial charge in [-0.3, -0.25) is 0 Å². The van der Waals surface area contributed by atoms with E-state index < -0.39 is 0 Å². The van der Waals surface area contributed by atoms with E-state index in [0.29, 0.717) is 6.04 Å². The predicted octanol–water partition coefficient (Wildman–Crippen LogP) is 0.299. The van der Waals surface area contributed by atoms with Crippen LogP contribution in [-0.2, 0) is 0 Å². The molecule has 0 bridgehead atoms. The number of nitrogens with one attached hydrogen (secondary N) is 1. The molecule has 0 fully saturated rings. The molecule has 2 heteroatoms. The van der Waals surface area contributed by atoms with Gasteiger partial charge in [0.15, 0.2) is 0 Å². The molecular formula is C5H14N2+. The fraction of sp³-hybridized carbons (Fsp3) is 1.00. The van der Waals surface area contributed by atoms with E-state index in [2.05, 4.69) is 19.3 Å². The van der Waals surface area contributed by atoms with E-state index in [1.807, 2.05) is 19.1 Å². The van der Waals surface area contributed by atoms with Crippen LogP contribution in [0.4, 0.5) is 0 Å². The van der Waals surface area contributed by atoms with Gasteiger partial charge in [0, 0.05) is 0 Å². The molecule has 0 heterocycles. The molecule has 0 rings (SSSR count). The summed E-state index contributed by atoms with van der Waals surface area (Å²) in [4.78, 5) is 0. The van der Waals surface area contributed by atoms with E-state index in [0.717, 1.165) is 0 Å². The highest BCUT2D eigenvalue weighted by Gasteiger charge is 1.98. The first-order valence-electron chi connectivity index (χ1n) is 2.56. The largest absolute Gasteiger partial charge is 0.134 e. The highest BCUT2D eigenvalue weighted by molar-refractivity contribution is 4.46. The lowest BCUT2D eigenvalue weighted by Crippen LogP contribution is -2.40. The first-order chi connectivity index (χ1) is 3.13. The van der Waals surface area contributed by atoms with Crippen molar-refractivity contribution in [2.75, 3.05) is 14.1 Å². The number of nitrogens with zero attached hydrogens (tertiary/aromatic N) is 1. The van der Waals surface area contributed by atoms with Crippen molar-refractivity contribution >= 4 is 0 Å². The van der Waals surface area contributed by atoms with Crippen LogP contribution in [0.5, 0.6) is 0 Å². The van der Waals surface area contributed by atoms with E-state index in [1.54, 1.807) is 0 Å². The lowest BCUT2D eigenvalue weighted by atomic mass is 10.4. The van der Waals surface area contributed by atoms with Crippen LogP contribution in [0.1, 0.15) is 13.8 Å². The summed E-state index contributed by atoms with van der Waals surface area (Å²) < 4.78 is 0. The third-order valence-corrected chi connectivity index (χ3v) is 0.516. The Morgan fingerprint density at radius 1 is 1.29 bits per heavy atom. The smallest absolute Gasteiger partial charge is 0.117 e. The summed E-state index contributed by atoms with van der Waals surface area (Å²) in [7, 11) is 3.97. The van der Waals surface area contributed by atoms with Crippen LogP contribution < -0.4 is 10.4 Å². The van der Waals surface area contributed by atoms with Crippen molar-refractivity contribution in [1.82, 2.24) is 10.4 Å². The Kier molecular flexibility index (Phi) is 2.96. The molecule has 0 saturated carbocycles. The molecule has 0 aliphatic heterocycles. The van der Waals surface area contributed by atoms with Gasteiger partial charge in [0.2, 0.25) is 0 Å². The van der Waals surface area contributed by atoms with E-state index >= 15 is 0 Å². The average Bonchev–Trinajstić information content (AvgIpc) is 1.27. The number of hydrogen-bond donors (Lipinski definition) is 1. The lowest BCUT2D eigenvalue weighted by Gasteiger charge is -2.03. The SMILES string of the molecule is CC(C)N[N+](C)C. The summed E-state index contributed by atoms with van der Waals surface area (Å²) in [5.74, 6) is 0. The van der Waals surface area contributed by atoms with E-state index in [1.165, 1.54) is 0 Å². The van der Waals surface area contributed by atoms with E-state index in [4.69, 9.17) is 0 Å². The van der Waals surface area contributed by atoms with Crippen LogP contribution in [0.2, 0.25) is 0 Å². The van der Waals surface area contributed by atoms with Crippen molar-refractivity contribution in [3.63, 3.8) is 0 Å². The fourth-order valence-corrected chi connectivity index (χ4v) is 0.516. The maximum atomic E-state index is 3.14. The van der Waals surface area contributed by atoms with Crippen LogP contribution in [0, 0.1) is 0 Å². The Balaban J connectivity index is 2.95. The van der Waals surface area contributed by atoms with Gasteiger partial charge in [0.25, 0.3) is 0 Å². The molecule has 0 aromatic carbocycles. The highest BCUT2D eigenvalue weighted by atomic mass is 15.5. The Labute approximate surface area is 45.5 Å². The molecule has 0 saturated heterocycles. The lowest BCUT2D eigenvalue weighted by molar-refractivity contribution is 0.377. The van der Waals surface area contributed by atoms with E-state index in [-0.39, 0.29) is 0 Å². The van der Waals surface area contributed by atoms with Gasteiger partial charge >= 0.3 is 0 Å². The van der Waals surface area contributed by atoms with Crippen molar-refractivity contribution in [3.05, 3.63) is 0 Å². The summed E-state index contributed by atoms with van der Waals surface area (Å²) in [6, 6.07) is 0.551. The second-order valence-corrected chi connectivity index (χ2v) is 2.18. The third kappa shape index (κ3) is 5.92. The number of rotatable bonds is 2. The van der Waals surface area contributed by atoms with Crippen LogP contribution in [0.25, 0.3) is 0 Å². The van der Waals surface area contributed by atoms with Gasteiger partial charge in [-0.1, -0.05) is 5.01 Å². The molecule has 1 N–H and O–H groups in total. The van der Waals surface area contributed by atoms with Crippen molar-refractivity contribution in [1.29, 1.82) is 0 Å². The fourth-order valence-electron chi connectivity index (χ4n) is 0.516. The molecule has 0 spiro atoms. The topological polar surface area (TPSA) is 17.9 Å². The maximum absolute atomic E-state index is 3.14. The van der Waals surface area contributed by atoms with Gasteiger partial charge in [-0.05, 0) is 13.8 Å². The Hall–Kier alpha value is -0.0800. The van der Waals surface area contributed by atoms with Crippen LogP contribution in [-0.4, -0.2) is 20.1 Å². The molecule has 43 valence electrons. The van der Waals surface area contributed by atoms with Crippen LogP contribution in [0.15, 0.2) is 0 Å². The minimum Gasteiger partial charge on any atom is -0.117 e. The standard InChI is InChI=1S/C5H14N2/c1-5(2)6-7(3)4/h5-6H,1-4H3/q+1. The quantitative estimate of drug-likeness (QED) is 0.392. The van der Waals surface area contributed by atoms with E-state index in [9.17, 15) is 0 Å². The van der Waals surface area contributed by atoms with Crippen molar-refractivity contribution < 1.29 is 0 Å². The summed E-state index contributed by atoms with van der Waals surface area (Å²) in [6.07, 6.45) is 0. The molecule has 1 radical (unpaired) electrons. The zero-order valence-electron chi connectivity index (χ0n) is 5.52. The van der Waals surface area contributed by atoms with Gasteiger partial charge in [-0.25, -0.2) is 0 Å². The normalized spacial score (nSPS) is 11.1. The van der Waals surface area contributed by atoms with Gasteiger partial charge in [-0.2, -0.15) is 0 Å². The number of hydrogen-bond acceptors (Lipinski definition) is 2. The molecule has 0 aliphatic rings. The molecule has 0 aromatic heterocycles. The maximum Gasteiger partial charge on any atom is 0.134 e. The minimum absolute atomic E-state index is 0.551. The Morgan fingerprint density at radius 3 is 1.71 bits per heavy atom. The summed E-state index contributed by atoms with van der Waals surface area (Å²) in [5, 5.41) is 1.95. The molecule has 2 nitrogen and oxygen atoms in total. The minimum atomic E-state index is 0.551. The van der Waals surface area contributed by atoms with Crippen molar-refractivity contribution in [2.24, 2.45) is 0 Å². The second-order valence-electron chi connectivity index (χ2n) is 2.18. The first-order valence-corrected chi connectivity index (χ1v) is 2.56. The number of hydrazine groups is 1. The molecule has 0 aromatic rings. The molecule has 0 unspecified atom stereocenters. The molecule has 7 heavy (non-hydrogen) atoms. The van der Waals surface area contributed by atoms with Crippen LogP contribution >= 0.6 is 0 Å². The molecule has 0 amide bonds. The molecule has 0 aliphatic carbocycles. The summed E-state index contributed by atoms with van der Waals surface area (Å²) in [5.41, 5.74) is 3.14.